The molecule has 1 aliphatic rings. The summed E-state index contributed by atoms with van der Waals surface area (Å²) in [4.78, 5) is 10.8. The zero-order chi connectivity index (χ0) is 15.1. The minimum Gasteiger partial charge on any atom is -0.478 e. The normalized spacial score (nSPS) is 15.5. The highest BCUT2D eigenvalue weighted by Gasteiger charge is 2.22. The van der Waals surface area contributed by atoms with Crippen LogP contribution in [0.2, 0.25) is 0 Å². The molecule has 1 unspecified atom stereocenters. The highest BCUT2D eigenvalue weighted by Crippen LogP contribution is 2.34. The number of fused-ring (bicyclic) bond motifs is 1. The maximum atomic E-state index is 10.8. The quantitative estimate of drug-likeness (QED) is 0.583. The summed E-state index contributed by atoms with van der Waals surface area (Å²) in [5.41, 5.74) is 2.34. The Morgan fingerprint density at radius 2 is 2.00 bits per heavy atom. The van der Waals surface area contributed by atoms with Crippen molar-refractivity contribution in [3.05, 3.63) is 53.6 Å². The Bertz CT molecular complexity index is 503. The Hall–Kier alpha value is -1.91. The molecule has 0 radical (unpaired) electrons. The van der Waals surface area contributed by atoms with Gasteiger partial charge < -0.3 is 15.3 Å². The van der Waals surface area contributed by atoms with Crippen molar-refractivity contribution in [3.63, 3.8) is 0 Å². The number of benzene rings is 1. The van der Waals surface area contributed by atoms with Crippen LogP contribution in [-0.4, -0.2) is 27.6 Å². The minimum atomic E-state index is -1.10. The van der Waals surface area contributed by atoms with Gasteiger partial charge in [0.25, 0.3) is 0 Å². The summed E-state index contributed by atoms with van der Waals surface area (Å²) in [6.07, 6.45) is 4.03. The molecule has 0 heterocycles. The lowest BCUT2D eigenvalue weighted by Gasteiger charge is -2.09. The molecule has 0 saturated heterocycles. The van der Waals surface area contributed by atoms with E-state index >= 15 is 0 Å². The first-order chi connectivity index (χ1) is 9.47. The molecule has 0 spiro atoms. The molecule has 1 aliphatic carbocycles. The zero-order valence-electron chi connectivity index (χ0n) is 11.5. The van der Waals surface area contributed by atoms with Crippen LogP contribution in [0.4, 0.5) is 0 Å². The summed E-state index contributed by atoms with van der Waals surface area (Å²) < 4.78 is 0. The van der Waals surface area contributed by atoms with Crippen molar-refractivity contribution in [2.75, 3.05) is 0 Å². The fourth-order valence-electron chi connectivity index (χ4n) is 1.94. The molecule has 20 heavy (non-hydrogen) atoms. The van der Waals surface area contributed by atoms with E-state index in [9.17, 15) is 4.79 Å². The topological polar surface area (TPSA) is 77.8 Å². The fourth-order valence-corrected chi connectivity index (χ4v) is 1.94. The highest BCUT2D eigenvalue weighted by molar-refractivity contribution is 5.90. The molecule has 0 bridgehead atoms. The Labute approximate surface area is 118 Å². The molecule has 1 atom stereocenters. The third-order valence-corrected chi connectivity index (χ3v) is 3.00. The van der Waals surface area contributed by atoms with Crippen molar-refractivity contribution in [2.45, 2.75) is 32.0 Å². The number of carboxylic acid groups (broad SMARTS) is 1. The van der Waals surface area contributed by atoms with Crippen LogP contribution >= 0.6 is 0 Å². The first-order valence-corrected chi connectivity index (χ1v) is 6.52. The summed E-state index contributed by atoms with van der Waals surface area (Å²) in [5.74, 6) is -1.10. The number of aliphatic carboxylic acids is 1. The van der Waals surface area contributed by atoms with E-state index in [2.05, 4.69) is 6.58 Å². The van der Waals surface area contributed by atoms with Crippen LogP contribution in [0.25, 0.3) is 6.08 Å². The van der Waals surface area contributed by atoms with Gasteiger partial charge in [0.15, 0.2) is 6.29 Å². The Morgan fingerprint density at radius 3 is 2.50 bits per heavy atom. The van der Waals surface area contributed by atoms with Gasteiger partial charge in [-0.25, -0.2) is 4.79 Å². The number of hydrogen-bond donors (Lipinski definition) is 3. The fraction of sp³-hybridized carbons (Fsp3) is 0.312. The van der Waals surface area contributed by atoms with Gasteiger partial charge in [0.1, 0.15) is 0 Å². The van der Waals surface area contributed by atoms with Crippen LogP contribution < -0.4 is 0 Å². The Kier molecular flexibility index (Phi) is 6.15. The smallest absolute Gasteiger partial charge is 0.331 e. The second kappa shape index (κ2) is 7.62. The van der Waals surface area contributed by atoms with E-state index in [1.54, 1.807) is 0 Å². The molecule has 3 N–H and O–H groups in total. The second-order valence-corrected chi connectivity index (χ2v) is 4.57. The average molecular weight is 276 g/mol. The van der Waals surface area contributed by atoms with Gasteiger partial charge in [0.05, 0.1) is 0 Å². The number of rotatable bonds is 4. The first-order valence-electron chi connectivity index (χ1n) is 6.52. The van der Waals surface area contributed by atoms with E-state index in [0.29, 0.717) is 6.42 Å². The van der Waals surface area contributed by atoms with Crippen molar-refractivity contribution in [2.24, 2.45) is 0 Å². The van der Waals surface area contributed by atoms with Gasteiger partial charge in [-0.3, -0.25) is 0 Å². The largest absolute Gasteiger partial charge is 0.478 e. The maximum absolute atomic E-state index is 10.8. The molecule has 1 aromatic rings. The van der Waals surface area contributed by atoms with Gasteiger partial charge in [0, 0.05) is 11.5 Å². The van der Waals surface area contributed by atoms with E-state index in [1.165, 1.54) is 0 Å². The van der Waals surface area contributed by atoms with Crippen molar-refractivity contribution >= 4 is 12.0 Å². The number of aliphatic hydroxyl groups is 2. The van der Waals surface area contributed by atoms with E-state index in [-0.39, 0.29) is 11.5 Å². The Balaban J connectivity index is 0.000000286. The molecule has 0 fully saturated rings. The summed E-state index contributed by atoms with van der Waals surface area (Å²) in [6.45, 7) is 5.49. The van der Waals surface area contributed by atoms with Crippen LogP contribution in [0.15, 0.2) is 42.5 Å². The molecule has 0 saturated carbocycles. The van der Waals surface area contributed by atoms with Crippen LogP contribution in [0.5, 0.6) is 0 Å². The molecule has 2 rings (SSSR count). The van der Waals surface area contributed by atoms with Crippen LogP contribution in [0, 0.1) is 0 Å². The summed E-state index contributed by atoms with van der Waals surface area (Å²) in [6, 6.07) is 7.76. The monoisotopic (exact) mass is 276 g/mol. The maximum Gasteiger partial charge on any atom is 0.331 e. The first kappa shape index (κ1) is 16.1. The van der Waals surface area contributed by atoms with Crippen LogP contribution in [0.3, 0.4) is 0 Å². The van der Waals surface area contributed by atoms with Crippen molar-refractivity contribution in [3.8, 4) is 0 Å². The molecule has 0 amide bonds. The van der Waals surface area contributed by atoms with E-state index in [4.69, 9.17) is 15.3 Å². The highest BCUT2D eigenvalue weighted by atomic mass is 16.5. The van der Waals surface area contributed by atoms with Crippen LogP contribution in [-0.2, 0) is 4.79 Å². The van der Waals surface area contributed by atoms with Gasteiger partial charge in [-0.15, -0.1) is 0 Å². The molecule has 4 nitrogen and oxygen atoms in total. The minimum absolute atomic E-state index is 0.163. The van der Waals surface area contributed by atoms with Crippen molar-refractivity contribution < 1.29 is 20.1 Å². The lowest BCUT2D eigenvalue weighted by molar-refractivity contribution is -0.132. The predicted molar refractivity (Wildman–Crippen MR) is 78.1 cm³/mol. The zero-order valence-corrected chi connectivity index (χ0v) is 11.5. The van der Waals surface area contributed by atoms with E-state index in [1.807, 2.05) is 43.3 Å². The number of allylic oxidation sites excluding steroid dienone is 1. The van der Waals surface area contributed by atoms with Gasteiger partial charge in [0.2, 0.25) is 0 Å². The second-order valence-electron chi connectivity index (χ2n) is 4.57. The third kappa shape index (κ3) is 4.33. The number of hydrogen-bond acceptors (Lipinski definition) is 3. The lowest BCUT2D eigenvalue weighted by Crippen LogP contribution is -2.06. The summed E-state index contributed by atoms with van der Waals surface area (Å²) in [5, 5.41) is 25.1. The van der Waals surface area contributed by atoms with E-state index < -0.39 is 12.3 Å². The molecule has 1 aromatic carbocycles. The number of carbonyl (C=O) groups is 1. The summed E-state index contributed by atoms with van der Waals surface area (Å²) in [7, 11) is 0. The van der Waals surface area contributed by atoms with Gasteiger partial charge in [-0.1, -0.05) is 56.3 Å². The number of carboxylic acids is 1. The molecule has 108 valence electrons. The van der Waals surface area contributed by atoms with Crippen molar-refractivity contribution in [1.29, 1.82) is 0 Å². The average Bonchev–Trinajstić information content (AvgIpc) is 2.82. The SMILES string of the molecule is C=C(C(=O)O)C1C=Cc2ccccc21.CCCC(O)O. The molecular weight excluding hydrogens is 256 g/mol. The van der Waals surface area contributed by atoms with Crippen LogP contribution in [0.1, 0.15) is 36.8 Å². The van der Waals surface area contributed by atoms with Gasteiger partial charge in [-0.05, 0) is 17.5 Å². The predicted octanol–water partition coefficient (Wildman–Crippen LogP) is 2.54. The molecular formula is C16H20O4. The summed E-state index contributed by atoms with van der Waals surface area (Å²) >= 11 is 0. The Morgan fingerprint density at radius 1 is 1.35 bits per heavy atom. The van der Waals surface area contributed by atoms with Crippen molar-refractivity contribution in [1.82, 2.24) is 0 Å². The lowest BCUT2D eigenvalue weighted by atomic mass is 9.94. The van der Waals surface area contributed by atoms with E-state index in [0.717, 1.165) is 17.5 Å². The van der Waals surface area contributed by atoms with Gasteiger partial charge in [-0.2, -0.15) is 0 Å². The van der Waals surface area contributed by atoms with Gasteiger partial charge >= 0.3 is 5.97 Å². The standard InChI is InChI=1S/C12H10O2.C4H10O2/c1-8(12(13)14)10-7-6-9-4-2-3-5-11(9)10;1-2-3-4(5)6/h2-7,10H,1H2,(H,13,14);4-6H,2-3H2,1H3. The number of aliphatic hydroxyl groups excluding tert-OH is 1. The molecule has 0 aromatic heterocycles. The molecule has 0 aliphatic heterocycles. The third-order valence-electron chi connectivity index (χ3n) is 3.00. The molecule has 4 heteroatoms.